The van der Waals surface area contributed by atoms with Gasteiger partial charge in [0.1, 0.15) is 5.25 Å². The van der Waals surface area contributed by atoms with Gasteiger partial charge in [-0.15, -0.1) is 0 Å². The molecule has 3 saturated carbocycles. The van der Waals surface area contributed by atoms with Crippen LogP contribution in [0.25, 0.3) is 0 Å². The van der Waals surface area contributed by atoms with Gasteiger partial charge in [-0.25, -0.2) is 39.4 Å². The molecule has 3 fully saturated rings. The molecule has 12 heteroatoms. The lowest BCUT2D eigenvalue weighted by Gasteiger charge is -2.34. The molecule has 3 rings (SSSR count). The fourth-order valence-electron chi connectivity index (χ4n) is 7.14. The minimum atomic E-state index is -4.24. The van der Waals surface area contributed by atoms with Crippen molar-refractivity contribution in [2.24, 2.45) is 17.8 Å². The van der Waals surface area contributed by atoms with Gasteiger partial charge in [0.25, 0.3) is 0 Å². The number of hydrogen-bond donors (Lipinski definition) is 3. The second kappa shape index (κ2) is 14.8. The van der Waals surface area contributed by atoms with Gasteiger partial charge in [-0.1, -0.05) is 78.6 Å². The van der Waals surface area contributed by atoms with E-state index in [4.69, 9.17) is 0 Å². The third-order valence-corrected chi connectivity index (χ3v) is 14.8. The molecule has 6 atom stereocenters. The smallest absolute Gasteiger partial charge is 0.212 e. The summed E-state index contributed by atoms with van der Waals surface area (Å²) in [4.78, 5) is 0. The highest BCUT2D eigenvalue weighted by atomic mass is 32.2. The number of sulfonamides is 3. The molecular weight excluding hydrogens is 559 g/mol. The maximum Gasteiger partial charge on any atom is 0.216 e. The summed E-state index contributed by atoms with van der Waals surface area (Å²) in [6.07, 6.45) is 13.3. The summed E-state index contributed by atoms with van der Waals surface area (Å²) >= 11 is 0. The van der Waals surface area contributed by atoms with Gasteiger partial charge in [0.15, 0.2) is 0 Å². The molecule has 230 valence electrons. The SMILES string of the molecule is CCC1CCCCC1NS(=O)(=O)CC(CS(=O)(=O)NC1CCCCC1CC)S(=O)(=O)NC1CCCCC1CC. The van der Waals surface area contributed by atoms with E-state index in [1.165, 1.54) is 0 Å². The van der Waals surface area contributed by atoms with Crippen LogP contribution in [0.2, 0.25) is 0 Å². The quantitative estimate of drug-likeness (QED) is 0.271. The predicted molar refractivity (Wildman–Crippen MR) is 158 cm³/mol. The molecule has 6 unspecified atom stereocenters. The lowest BCUT2D eigenvalue weighted by atomic mass is 9.83. The minimum absolute atomic E-state index is 0.166. The van der Waals surface area contributed by atoms with Gasteiger partial charge >= 0.3 is 0 Å². The highest BCUT2D eigenvalue weighted by Gasteiger charge is 2.40. The first-order valence-electron chi connectivity index (χ1n) is 15.4. The van der Waals surface area contributed by atoms with E-state index in [9.17, 15) is 25.3 Å². The van der Waals surface area contributed by atoms with E-state index in [-0.39, 0.29) is 35.9 Å². The van der Waals surface area contributed by atoms with Crippen molar-refractivity contribution in [3.05, 3.63) is 0 Å². The van der Waals surface area contributed by atoms with Gasteiger partial charge in [0.2, 0.25) is 30.1 Å². The van der Waals surface area contributed by atoms with E-state index < -0.39 is 46.8 Å². The average molecular weight is 612 g/mol. The maximum atomic E-state index is 13.7. The lowest BCUT2D eigenvalue weighted by molar-refractivity contribution is 0.280. The third kappa shape index (κ3) is 9.91. The van der Waals surface area contributed by atoms with Gasteiger partial charge in [0.05, 0.1) is 11.5 Å². The largest absolute Gasteiger partial charge is 0.216 e. The summed E-state index contributed by atoms with van der Waals surface area (Å²) in [5.74, 6) is -0.948. The number of nitrogens with one attached hydrogen (secondary N) is 3. The molecule has 9 nitrogen and oxygen atoms in total. The van der Waals surface area contributed by atoms with Crippen LogP contribution < -0.4 is 14.2 Å². The third-order valence-electron chi connectivity index (χ3n) is 9.53. The average Bonchev–Trinajstić information content (AvgIpc) is 2.88. The van der Waals surface area contributed by atoms with Crippen molar-refractivity contribution < 1.29 is 25.3 Å². The Kier molecular flexibility index (Phi) is 12.6. The molecule has 3 aliphatic carbocycles. The zero-order valence-corrected chi connectivity index (χ0v) is 26.7. The van der Waals surface area contributed by atoms with Crippen molar-refractivity contribution in [2.75, 3.05) is 11.5 Å². The van der Waals surface area contributed by atoms with E-state index in [1.807, 2.05) is 20.8 Å². The summed E-state index contributed by atoms with van der Waals surface area (Å²) in [7, 11) is -12.3. The van der Waals surface area contributed by atoms with E-state index in [1.54, 1.807) is 0 Å². The van der Waals surface area contributed by atoms with Crippen LogP contribution in [0.4, 0.5) is 0 Å². The highest BCUT2D eigenvalue weighted by molar-refractivity contribution is 7.95. The Balaban J connectivity index is 1.83. The molecule has 0 amide bonds. The Morgan fingerprint density at radius 3 is 1.15 bits per heavy atom. The molecule has 0 bridgehead atoms. The van der Waals surface area contributed by atoms with Crippen LogP contribution >= 0.6 is 0 Å². The first-order valence-corrected chi connectivity index (χ1v) is 20.3. The standard InChI is InChI=1S/C27H53N3O6S3/c1-4-21-13-7-10-16-25(21)28-37(31,32)19-24(39(35,36)30-27-18-12-9-15-23(27)6-3)20-38(33,34)29-26-17-11-8-14-22(26)5-2/h21-30H,4-20H2,1-3H3. The van der Waals surface area contributed by atoms with Crippen LogP contribution in [0.15, 0.2) is 0 Å². The molecule has 0 radical (unpaired) electrons. The Hall–Kier alpha value is -0.270. The van der Waals surface area contributed by atoms with Crippen molar-refractivity contribution in [3.63, 3.8) is 0 Å². The van der Waals surface area contributed by atoms with Crippen molar-refractivity contribution in [1.82, 2.24) is 14.2 Å². The lowest BCUT2D eigenvalue weighted by Crippen LogP contribution is -2.53. The molecule has 0 aromatic carbocycles. The molecular formula is C27H53N3O6S3. The summed E-state index contributed by atoms with van der Waals surface area (Å²) in [5, 5.41) is -1.60. The monoisotopic (exact) mass is 611 g/mol. The van der Waals surface area contributed by atoms with Crippen LogP contribution in [0, 0.1) is 17.8 Å². The summed E-state index contributed by atoms with van der Waals surface area (Å²) < 4.78 is 89.4. The zero-order chi connectivity index (χ0) is 28.7. The second-order valence-electron chi connectivity index (χ2n) is 12.3. The number of hydrogen-bond acceptors (Lipinski definition) is 6. The highest BCUT2D eigenvalue weighted by Crippen LogP contribution is 2.30. The predicted octanol–water partition coefficient (Wildman–Crippen LogP) is 4.02. The van der Waals surface area contributed by atoms with E-state index >= 15 is 0 Å². The Bertz CT molecular complexity index is 1020. The van der Waals surface area contributed by atoms with Gasteiger partial charge in [0, 0.05) is 18.1 Å². The van der Waals surface area contributed by atoms with E-state index in [2.05, 4.69) is 14.2 Å². The zero-order valence-electron chi connectivity index (χ0n) is 24.2. The molecule has 39 heavy (non-hydrogen) atoms. The van der Waals surface area contributed by atoms with Crippen molar-refractivity contribution in [3.8, 4) is 0 Å². The van der Waals surface area contributed by atoms with Crippen LogP contribution in [0.5, 0.6) is 0 Å². The number of rotatable bonds is 14. The van der Waals surface area contributed by atoms with Gasteiger partial charge in [-0.05, 0) is 56.3 Å². The molecule has 3 N–H and O–H groups in total. The van der Waals surface area contributed by atoms with Gasteiger partial charge < -0.3 is 0 Å². The summed E-state index contributed by atoms with van der Waals surface area (Å²) in [6, 6.07) is -0.779. The summed E-state index contributed by atoms with van der Waals surface area (Å²) in [5.41, 5.74) is 0. The molecule has 0 aromatic heterocycles. The van der Waals surface area contributed by atoms with Crippen molar-refractivity contribution in [2.45, 2.75) is 140 Å². The molecule has 0 saturated heterocycles. The molecule has 0 aliphatic heterocycles. The topological polar surface area (TPSA) is 139 Å². The first-order chi connectivity index (χ1) is 18.4. The Morgan fingerprint density at radius 2 is 0.821 bits per heavy atom. The molecule has 3 aliphatic rings. The fourth-order valence-corrected chi connectivity index (χ4v) is 13.7. The second-order valence-corrected chi connectivity index (χ2v) is 17.9. The Labute approximate surface area is 238 Å². The van der Waals surface area contributed by atoms with Crippen molar-refractivity contribution >= 4 is 30.1 Å². The summed E-state index contributed by atoms with van der Waals surface area (Å²) in [6.45, 7) is 6.10. The van der Waals surface area contributed by atoms with Crippen LogP contribution in [-0.2, 0) is 30.1 Å². The first kappa shape index (κ1) is 33.2. The van der Waals surface area contributed by atoms with Crippen LogP contribution in [-0.4, -0.2) is 60.1 Å². The fraction of sp³-hybridized carbons (Fsp3) is 1.00. The minimum Gasteiger partial charge on any atom is -0.212 e. The molecule has 0 heterocycles. The Morgan fingerprint density at radius 1 is 0.513 bits per heavy atom. The molecule has 0 spiro atoms. The van der Waals surface area contributed by atoms with E-state index in [0.29, 0.717) is 19.3 Å². The van der Waals surface area contributed by atoms with Gasteiger partial charge in [-0.2, -0.15) is 0 Å². The van der Waals surface area contributed by atoms with Crippen molar-refractivity contribution in [1.29, 1.82) is 0 Å². The van der Waals surface area contributed by atoms with E-state index in [0.717, 1.165) is 77.0 Å². The maximum absolute atomic E-state index is 13.7. The van der Waals surface area contributed by atoms with Crippen LogP contribution in [0.3, 0.4) is 0 Å². The van der Waals surface area contributed by atoms with Gasteiger partial charge in [-0.3, -0.25) is 0 Å². The normalized spacial score (nSPS) is 32.1. The molecule has 0 aromatic rings. The van der Waals surface area contributed by atoms with Crippen LogP contribution in [0.1, 0.15) is 117 Å².